The van der Waals surface area contributed by atoms with Crippen LogP contribution in [-0.4, -0.2) is 45.0 Å². The van der Waals surface area contributed by atoms with Crippen molar-refractivity contribution in [2.45, 2.75) is 11.8 Å². The molecule has 0 radical (unpaired) electrons. The molecule has 0 aromatic heterocycles. The van der Waals surface area contributed by atoms with Gasteiger partial charge in [0.1, 0.15) is 0 Å². The lowest BCUT2D eigenvalue weighted by Gasteiger charge is -2.10. The first kappa shape index (κ1) is 17.3. The van der Waals surface area contributed by atoms with Gasteiger partial charge in [-0.3, -0.25) is 4.79 Å². The van der Waals surface area contributed by atoms with Crippen molar-refractivity contribution in [2.75, 3.05) is 39.1 Å². The van der Waals surface area contributed by atoms with E-state index in [9.17, 15) is 4.79 Å². The third-order valence-corrected chi connectivity index (χ3v) is 3.75. The maximum atomic E-state index is 12.1. The molecule has 112 valence electrons. The monoisotopic (exact) mass is 316 g/mol. The highest BCUT2D eigenvalue weighted by Crippen LogP contribution is 2.25. The molecule has 0 spiro atoms. The zero-order valence-corrected chi connectivity index (χ0v) is 13.4. The molecule has 0 aliphatic heterocycles. The summed E-state index contributed by atoms with van der Waals surface area (Å²) in [6.45, 7) is 4.79. The molecule has 1 aromatic rings. The quantitative estimate of drug-likeness (QED) is 0.542. The van der Waals surface area contributed by atoms with Crippen molar-refractivity contribution in [1.82, 2.24) is 10.6 Å². The van der Waals surface area contributed by atoms with E-state index in [2.05, 4.69) is 17.6 Å². The van der Waals surface area contributed by atoms with Gasteiger partial charge in [0.25, 0.3) is 5.91 Å². The lowest BCUT2D eigenvalue weighted by Crippen LogP contribution is -2.33. The number of amides is 1. The van der Waals surface area contributed by atoms with Gasteiger partial charge in [-0.2, -0.15) is 0 Å². The van der Waals surface area contributed by atoms with Crippen molar-refractivity contribution in [1.29, 1.82) is 0 Å². The van der Waals surface area contributed by atoms with Crippen molar-refractivity contribution < 1.29 is 9.53 Å². The average Bonchev–Trinajstić information content (AvgIpc) is 2.44. The van der Waals surface area contributed by atoms with E-state index in [1.54, 1.807) is 24.9 Å². The van der Waals surface area contributed by atoms with Gasteiger partial charge in [0.05, 0.1) is 12.2 Å². The standard InChI is InChI=1S/C14H21ClN2O2S/c1-3-20-13-5-4-11(15)10-12(13)14(18)17-7-6-16-8-9-19-2/h4-5,10,16H,3,6-9H2,1-2H3,(H,17,18). The molecule has 0 fully saturated rings. The first-order valence-corrected chi connectivity index (χ1v) is 7.95. The predicted molar refractivity (Wildman–Crippen MR) is 84.9 cm³/mol. The summed E-state index contributed by atoms with van der Waals surface area (Å²) in [5, 5.41) is 6.64. The Balaban J connectivity index is 2.47. The van der Waals surface area contributed by atoms with Crippen LogP contribution in [0.25, 0.3) is 0 Å². The van der Waals surface area contributed by atoms with E-state index < -0.39 is 0 Å². The van der Waals surface area contributed by atoms with Gasteiger partial charge in [0, 0.05) is 36.7 Å². The molecule has 1 aromatic carbocycles. The molecule has 1 rings (SSSR count). The van der Waals surface area contributed by atoms with Crippen molar-refractivity contribution in [3.05, 3.63) is 28.8 Å². The fraction of sp³-hybridized carbons (Fsp3) is 0.500. The second kappa shape index (κ2) is 10.0. The minimum Gasteiger partial charge on any atom is -0.383 e. The lowest BCUT2D eigenvalue weighted by molar-refractivity contribution is 0.0951. The number of methoxy groups -OCH3 is 1. The van der Waals surface area contributed by atoms with E-state index in [1.165, 1.54) is 0 Å². The highest BCUT2D eigenvalue weighted by Gasteiger charge is 2.11. The van der Waals surface area contributed by atoms with Crippen LogP contribution in [0.3, 0.4) is 0 Å². The number of ether oxygens (including phenoxy) is 1. The Hall–Kier alpha value is -0.750. The SMILES string of the molecule is CCSc1ccc(Cl)cc1C(=O)NCCNCCOC. The van der Waals surface area contributed by atoms with E-state index in [0.717, 1.165) is 17.2 Å². The van der Waals surface area contributed by atoms with Crippen molar-refractivity contribution in [2.24, 2.45) is 0 Å². The topological polar surface area (TPSA) is 50.4 Å². The molecule has 0 aliphatic carbocycles. The maximum Gasteiger partial charge on any atom is 0.252 e. The van der Waals surface area contributed by atoms with E-state index in [1.807, 2.05) is 12.1 Å². The van der Waals surface area contributed by atoms with Crippen LogP contribution in [0, 0.1) is 0 Å². The van der Waals surface area contributed by atoms with Gasteiger partial charge < -0.3 is 15.4 Å². The summed E-state index contributed by atoms with van der Waals surface area (Å²) in [5.41, 5.74) is 0.640. The smallest absolute Gasteiger partial charge is 0.252 e. The number of hydrogen-bond acceptors (Lipinski definition) is 4. The number of carbonyl (C=O) groups is 1. The third-order valence-electron chi connectivity index (χ3n) is 2.56. The van der Waals surface area contributed by atoms with Crippen molar-refractivity contribution in [3.8, 4) is 0 Å². The first-order valence-electron chi connectivity index (χ1n) is 6.59. The molecule has 0 atom stereocenters. The Morgan fingerprint density at radius 1 is 1.35 bits per heavy atom. The molecular formula is C14H21ClN2O2S. The van der Waals surface area contributed by atoms with Crippen LogP contribution in [-0.2, 0) is 4.74 Å². The van der Waals surface area contributed by atoms with E-state index in [-0.39, 0.29) is 5.91 Å². The normalized spacial score (nSPS) is 10.6. The van der Waals surface area contributed by atoms with Crippen LogP contribution in [0.15, 0.2) is 23.1 Å². The second-order valence-electron chi connectivity index (χ2n) is 4.07. The highest BCUT2D eigenvalue weighted by atomic mass is 35.5. The Morgan fingerprint density at radius 2 is 2.15 bits per heavy atom. The van der Waals surface area contributed by atoms with Crippen molar-refractivity contribution >= 4 is 29.3 Å². The number of hydrogen-bond donors (Lipinski definition) is 2. The maximum absolute atomic E-state index is 12.1. The minimum absolute atomic E-state index is 0.0861. The van der Waals surface area contributed by atoms with E-state index >= 15 is 0 Å². The van der Waals surface area contributed by atoms with Crippen molar-refractivity contribution in [3.63, 3.8) is 0 Å². The summed E-state index contributed by atoms with van der Waals surface area (Å²) in [7, 11) is 1.66. The summed E-state index contributed by atoms with van der Waals surface area (Å²) in [6.07, 6.45) is 0. The molecular weight excluding hydrogens is 296 g/mol. The molecule has 0 unspecified atom stereocenters. The van der Waals surface area contributed by atoms with Gasteiger partial charge in [-0.25, -0.2) is 0 Å². The predicted octanol–water partition coefficient (Wildman–Crippen LogP) is 2.42. The molecule has 0 saturated carbocycles. The van der Waals surface area contributed by atoms with Crippen LogP contribution in [0.2, 0.25) is 5.02 Å². The summed E-state index contributed by atoms with van der Waals surface area (Å²) < 4.78 is 4.93. The number of benzene rings is 1. The molecule has 0 saturated heterocycles. The van der Waals surface area contributed by atoms with Gasteiger partial charge >= 0.3 is 0 Å². The van der Waals surface area contributed by atoms with Gasteiger partial charge in [0.15, 0.2) is 0 Å². The minimum atomic E-state index is -0.0861. The first-order chi connectivity index (χ1) is 9.69. The largest absolute Gasteiger partial charge is 0.383 e. The zero-order valence-electron chi connectivity index (χ0n) is 11.9. The molecule has 1 amide bonds. The fourth-order valence-electron chi connectivity index (χ4n) is 1.62. The fourth-order valence-corrected chi connectivity index (χ4v) is 2.57. The average molecular weight is 317 g/mol. The Bertz CT molecular complexity index is 430. The summed E-state index contributed by atoms with van der Waals surface area (Å²) in [5.74, 6) is 0.831. The highest BCUT2D eigenvalue weighted by molar-refractivity contribution is 7.99. The van der Waals surface area contributed by atoms with Gasteiger partial charge in [-0.05, 0) is 24.0 Å². The second-order valence-corrected chi connectivity index (χ2v) is 5.81. The van der Waals surface area contributed by atoms with Crippen LogP contribution in [0.5, 0.6) is 0 Å². The lowest BCUT2D eigenvalue weighted by atomic mass is 10.2. The molecule has 20 heavy (non-hydrogen) atoms. The summed E-state index contributed by atoms with van der Waals surface area (Å²) >= 11 is 7.60. The molecule has 0 bridgehead atoms. The summed E-state index contributed by atoms with van der Waals surface area (Å²) in [6, 6.07) is 5.41. The van der Waals surface area contributed by atoms with Gasteiger partial charge in [-0.15, -0.1) is 11.8 Å². The van der Waals surface area contributed by atoms with Gasteiger partial charge in [0.2, 0.25) is 0 Å². The zero-order chi connectivity index (χ0) is 14.8. The van der Waals surface area contributed by atoms with E-state index in [0.29, 0.717) is 30.3 Å². The Kier molecular flexibility index (Phi) is 8.69. The third kappa shape index (κ3) is 6.13. The molecule has 4 nitrogen and oxygen atoms in total. The van der Waals surface area contributed by atoms with E-state index in [4.69, 9.17) is 16.3 Å². The Labute approximate surface area is 129 Å². The van der Waals surface area contributed by atoms with Crippen LogP contribution >= 0.6 is 23.4 Å². The van der Waals surface area contributed by atoms with Crippen LogP contribution in [0.1, 0.15) is 17.3 Å². The van der Waals surface area contributed by atoms with Crippen LogP contribution in [0.4, 0.5) is 0 Å². The summed E-state index contributed by atoms with van der Waals surface area (Å²) in [4.78, 5) is 13.1. The van der Waals surface area contributed by atoms with Gasteiger partial charge in [-0.1, -0.05) is 18.5 Å². The molecule has 0 aliphatic rings. The molecule has 0 heterocycles. The number of thioether (sulfide) groups is 1. The molecule has 2 N–H and O–H groups in total. The van der Waals surface area contributed by atoms with Crippen LogP contribution < -0.4 is 10.6 Å². The number of nitrogens with one attached hydrogen (secondary N) is 2. The number of carbonyl (C=O) groups excluding carboxylic acids is 1. The number of halogens is 1. The molecule has 6 heteroatoms. The Morgan fingerprint density at radius 3 is 2.85 bits per heavy atom. The number of rotatable bonds is 9.